The molecule has 4 rings (SSSR count). The zero-order valence-electron chi connectivity index (χ0n) is 21.9. The Morgan fingerprint density at radius 3 is 2.46 bits per heavy atom. The van der Waals surface area contributed by atoms with Crippen LogP contribution in [0.15, 0.2) is 48.2 Å². The highest BCUT2D eigenvalue weighted by atomic mass is 35.5. The van der Waals surface area contributed by atoms with Crippen LogP contribution < -0.4 is 9.47 Å². The fraction of sp³-hybridized carbons (Fsp3) is 0.393. The van der Waals surface area contributed by atoms with Gasteiger partial charge in [0.2, 0.25) is 0 Å². The molecule has 0 saturated heterocycles. The molecule has 0 aliphatic carbocycles. The number of rotatable bonds is 8. The summed E-state index contributed by atoms with van der Waals surface area (Å²) in [5.74, 6) is 0.768. The number of hydrogen-bond acceptors (Lipinski definition) is 3. The second kappa shape index (κ2) is 10.4. The maximum atomic E-state index is 11.4. The van der Waals surface area contributed by atoms with Gasteiger partial charge in [-0.3, -0.25) is 4.55 Å². The molecule has 0 fully saturated rings. The van der Waals surface area contributed by atoms with E-state index in [9.17, 15) is 13.0 Å². The average molecular weight is 564 g/mol. The van der Waals surface area contributed by atoms with E-state index in [0.29, 0.717) is 23.0 Å². The predicted molar refractivity (Wildman–Crippen MR) is 153 cm³/mol. The molecule has 1 aliphatic rings. The smallest absolute Gasteiger partial charge is 0.282 e. The number of aryl methyl sites for hydroxylation is 3. The molecule has 0 atom stereocenters. The highest BCUT2D eigenvalue weighted by molar-refractivity contribution is 7.85. The van der Waals surface area contributed by atoms with Gasteiger partial charge in [-0.05, 0) is 44.9 Å². The predicted octanol–water partition coefficient (Wildman–Crippen LogP) is 6.56. The Hall–Kier alpha value is -2.32. The highest BCUT2D eigenvalue weighted by Gasteiger charge is 2.39. The van der Waals surface area contributed by atoms with E-state index in [0.717, 1.165) is 41.3 Å². The van der Waals surface area contributed by atoms with E-state index in [4.69, 9.17) is 23.2 Å². The van der Waals surface area contributed by atoms with E-state index in [2.05, 4.69) is 85.1 Å². The minimum Gasteiger partial charge on any atom is -0.344 e. The molecule has 9 heteroatoms. The van der Waals surface area contributed by atoms with Gasteiger partial charge in [0.05, 0.1) is 28.9 Å². The normalized spacial score (nSPS) is 16.4. The van der Waals surface area contributed by atoms with Crippen LogP contribution in [0, 0.1) is 6.92 Å². The van der Waals surface area contributed by atoms with Gasteiger partial charge in [-0.1, -0.05) is 60.8 Å². The lowest BCUT2D eigenvalue weighted by Gasteiger charge is -2.27. The molecule has 1 aliphatic heterocycles. The van der Waals surface area contributed by atoms with Crippen LogP contribution in [0.2, 0.25) is 10.0 Å². The SMILES string of the molecule is CCn1c(/C=C/C=C2/N(CCCS(=O)(=O)O)c3ccc(C)cc3C2(C)C)[n+](CC)c2cc(Cl)c(Cl)cc21. The minimum atomic E-state index is -4.02. The molecule has 1 N–H and O–H groups in total. The number of hydrogen-bond donors (Lipinski definition) is 1. The topological polar surface area (TPSA) is 66.4 Å². The van der Waals surface area contributed by atoms with Crippen molar-refractivity contribution in [3.05, 3.63) is 75.2 Å². The number of imidazole rings is 1. The van der Waals surface area contributed by atoms with Gasteiger partial charge in [0, 0.05) is 41.6 Å². The van der Waals surface area contributed by atoms with Crippen molar-refractivity contribution >= 4 is 56.1 Å². The molecule has 0 spiro atoms. The Labute approximate surface area is 229 Å². The maximum Gasteiger partial charge on any atom is 0.282 e. The Bertz CT molecular complexity index is 1470. The van der Waals surface area contributed by atoms with E-state index in [1.807, 2.05) is 12.1 Å². The molecule has 6 nitrogen and oxygen atoms in total. The fourth-order valence-electron chi connectivity index (χ4n) is 5.36. The summed E-state index contributed by atoms with van der Waals surface area (Å²) in [5, 5.41) is 1.06. The quantitative estimate of drug-likeness (QED) is 0.249. The van der Waals surface area contributed by atoms with Gasteiger partial charge in [-0.15, -0.1) is 0 Å². The molecular weight excluding hydrogens is 529 g/mol. The Kier molecular flexibility index (Phi) is 7.82. The highest BCUT2D eigenvalue weighted by Crippen LogP contribution is 2.48. The maximum absolute atomic E-state index is 11.4. The summed E-state index contributed by atoms with van der Waals surface area (Å²) in [4.78, 5) is 2.17. The number of benzene rings is 2. The van der Waals surface area contributed by atoms with Gasteiger partial charge >= 0.3 is 0 Å². The largest absolute Gasteiger partial charge is 0.344 e. The van der Waals surface area contributed by atoms with Crippen molar-refractivity contribution in [3.63, 3.8) is 0 Å². The van der Waals surface area contributed by atoms with Crippen molar-refractivity contribution in [3.8, 4) is 0 Å². The zero-order valence-corrected chi connectivity index (χ0v) is 24.3. The van der Waals surface area contributed by atoms with Crippen LogP contribution in [-0.4, -0.2) is 29.8 Å². The first-order valence-corrected chi connectivity index (χ1v) is 14.9. The Morgan fingerprint density at radius 2 is 1.81 bits per heavy atom. The van der Waals surface area contributed by atoms with Crippen molar-refractivity contribution in [1.29, 1.82) is 0 Å². The third kappa shape index (κ3) is 5.32. The standard InChI is InChI=1S/C28H33Cl2N3O3S/c1-6-31-24-17-21(29)22(30)18-25(24)32(7-2)27(31)11-8-10-26-28(4,5)20-16-19(3)12-13-23(20)33(26)14-9-15-37(34,35)36/h8,10-13,16-18H,6-7,9,14-15H2,1-5H3/p+1. The van der Waals surface area contributed by atoms with Gasteiger partial charge in [0.1, 0.15) is 0 Å². The summed E-state index contributed by atoms with van der Waals surface area (Å²) in [6.45, 7) is 12.7. The summed E-state index contributed by atoms with van der Waals surface area (Å²) < 4.78 is 36.4. The second-order valence-corrected chi connectivity index (χ2v) is 12.3. The molecule has 0 bridgehead atoms. The van der Waals surface area contributed by atoms with Crippen molar-refractivity contribution in [2.75, 3.05) is 17.2 Å². The molecule has 2 aromatic carbocycles. The van der Waals surface area contributed by atoms with Crippen LogP contribution in [0.3, 0.4) is 0 Å². The van der Waals surface area contributed by atoms with Crippen LogP contribution >= 0.6 is 23.2 Å². The molecule has 2 heterocycles. The van der Waals surface area contributed by atoms with Crippen LogP contribution in [0.5, 0.6) is 0 Å². The zero-order chi connectivity index (χ0) is 27.1. The molecular formula is C28H34Cl2N3O3S+. The van der Waals surface area contributed by atoms with Crippen molar-refractivity contribution in [2.24, 2.45) is 0 Å². The summed E-state index contributed by atoms with van der Waals surface area (Å²) >= 11 is 12.7. The van der Waals surface area contributed by atoms with E-state index >= 15 is 0 Å². The van der Waals surface area contributed by atoms with Gasteiger partial charge < -0.3 is 4.90 Å². The van der Waals surface area contributed by atoms with Gasteiger partial charge in [-0.2, -0.15) is 8.42 Å². The summed E-state index contributed by atoms with van der Waals surface area (Å²) in [6, 6.07) is 10.2. The third-order valence-corrected chi connectivity index (χ3v) is 8.64. The minimum absolute atomic E-state index is 0.271. The fourth-order valence-corrected chi connectivity index (χ4v) is 6.17. The number of allylic oxidation sites excluding steroid dienone is 3. The third-order valence-electron chi connectivity index (χ3n) is 7.12. The molecule has 3 aromatic rings. The number of halogens is 2. The molecule has 0 saturated carbocycles. The molecule has 198 valence electrons. The van der Waals surface area contributed by atoms with Crippen LogP contribution in [-0.2, 0) is 28.6 Å². The summed E-state index contributed by atoms with van der Waals surface area (Å²) in [7, 11) is -4.02. The van der Waals surface area contributed by atoms with Crippen molar-refractivity contribution < 1.29 is 17.5 Å². The van der Waals surface area contributed by atoms with Crippen molar-refractivity contribution in [1.82, 2.24) is 4.57 Å². The van der Waals surface area contributed by atoms with E-state index in [1.54, 1.807) is 0 Å². The first-order chi connectivity index (χ1) is 17.4. The van der Waals surface area contributed by atoms with E-state index in [1.165, 1.54) is 11.1 Å². The number of nitrogens with zero attached hydrogens (tertiary/aromatic N) is 3. The monoisotopic (exact) mass is 562 g/mol. The van der Waals surface area contributed by atoms with Gasteiger partial charge in [0.15, 0.2) is 11.0 Å². The lowest BCUT2D eigenvalue weighted by Crippen LogP contribution is -2.35. The van der Waals surface area contributed by atoms with E-state index in [-0.39, 0.29) is 11.2 Å². The molecule has 0 radical (unpaired) electrons. The van der Waals surface area contributed by atoms with Crippen LogP contribution in [0.1, 0.15) is 51.1 Å². The van der Waals surface area contributed by atoms with Gasteiger partial charge in [-0.25, -0.2) is 9.13 Å². The molecule has 0 amide bonds. The van der Waals surface area contributed by atoms with Crippen LogP contribution in [0.25, 0.3) is 17.1 Å². The number of aromatic nitrogens is 2. The first-order valence-electron chi connectivity index (χ1n) is 12.5. The average Bonchev–Trinajstić information content (AvgIpc) is 3.21. The first kappa shape index (κ1) is 27.7. The second-order valence-electron chi connectivity index (χ2n) is 9.95. The number of anilines is 1. The van der Waals surface area contributed by atoms with E-state index < -0.39 is 10.1 Å². The summed E-state index contributed by atoms with van der Waals surface area (Å²) in [6.07, 6.45) is 6.59. The Morgan fingerprint density at radius 1 is 1.11 bits per heavy atom. The Balaban J connectivity index is 1.78. The molecule has 37 heavy (non-hydrogen) atoms. The van der Waals surface area contributed by atoms with Crippen LogP contribution in [0.4, 0.5) is 5.69 Å². The molecule has 1 aromatic heterocycles. The number of fused-ring (bicyclic) bond motifs is 2. The van der Waals surface area contributed by atoms with Crippen molar-refractivity contribution in [2.45, 2.75) is 59.5 Å². The molecule has 0 unspecified atom stereocenters. The summed E-state index contributed by atoms with van der Waals surface area (Å²) in [5.41, 5.74) is 6.31. The lowest BCUT2D eigenvalue weighted by molar-refractivity contribution is -0.670. The lowest BCUT2D eigenvalue weighted by atomic mass is 9.83. The van der Waals surface area contributed by atoms with Gasteiger partial charge in [0.25, 0.3) is 15.9 Å².